The van der Waals surface area contributed by atoms with Crippen LogP contribution in [0, 0.1) is 5.92 Å². The lowest BCUT2D eigenvalue weighted by Crippen LogP contribution is -2.46. The molecule has 3 N–H and O–H groups in total. The second-order valence-electron chi connectivity index (χ2n) is 8.60. The highest BCUT2D eigenvalue weighted by Gasteiger charge is 2.31. The molecule has 31 heavy (non-hydrogen) atoms. The fourth-order valence-electron chi connectivity index (χ4n) is 4.31. The number of rotatable bonds is 5. The van der Waals surface area contributed by atoms with E-state index in [0.717, 1.165) is 29.6 Å². The van der Waals surface area contributed by atoms with E-state index in [1.165, 1.54) is 23.1 Å². The Kier molecular flexibility index (Phi) is 5.79. The number of carbonyl (C=O) groups is 1. The van der Waals surface area contributed by atoms with Crippen LogP contribution >= 0.6 is 0 Å². The van der Waals surface area contributed by atoms with Gasteiger partial charge in [0, 0.05) is 29.7 Å². The number of H-pyrrole nitrogens is 1. The van der Waals surface area contributed by atoms with Gasteiger partial charge in [-0.2, -0.15) is 13.2 Å². The molecule has 0 spiro atoms. The predicted molar refractivity (Wildman–Crippen MR) is 114 cm³/mol. The number of alkyl halides is 3. The molecule has 0 bridgehead atoms. The van der Waals surface area contributed by atoms with Crippen LogP contribution in [0.15, 0.2) is 48.7 Å². The molecule has 3 aromatic rings. The van der Waals surface area contributed by atoms with Gasteiger partial charge in [-0.1, -0.05) is 38.1 Å². The number of nitrogens with one attached hydrogen (secondary N) is 3. The standard InChI is InChI=1S/C24H26F3N3O/c1-14(2)10-20-18-4-3-5-19-22(18)16(13-28-19)11-21(30-20)23(31)29-12-15-6-8-17(9-7-15)24(25,26)27/h3-9,13-14,20-21,28,30H,10-12H2,1-2H3,(H,29,31)/t20-,21-/m0/s1. The minimum absolute atomic E-state index is 0.0440. The summed E-state index contributed by atoms with van der Waals surface area (Å²) in [6, 6.07) is 10.7. The highest BCUT2D eigenvalue weighted by atomic mass is 19.4. The molecule has 1 aliphatic rings. The van der Waals surface area contributed by atoms with Crippen molar-refractivity contribution in [3.05, 3.63) is 70.9 Å². The van der Waals surface area contributed by atoms with Crippen molar-refractivity contribution < 1.29 is 18.0 Å². The topological polar surface area (TPSA) is 56.9 Å². The van der Waals surface area contributed by atoms with Gasteiger partial charge in [0.25, 0.3) is 0 Å². The molecular weight excluding hydrogens is 403 g/mol. The molecule has 2 heterocycles. The summed E-state index contributed by atoms with van der Waals surface area (Å²) in [6.45, 7) is 4.49. The Morgan fingerprint density at radius 1 is 1.16 bits per heavy atom. The van der Waals surface area contributed by atoms with E-state index in [1.807, 2.05) is 18.3 Å². The zero-order chi connectivity index (χ0) is 22.2. The van der Waals surface area contributed by atoms with E-state index in [9.17, 15) is 18.0 Å². The summed E-state index contributed by atoms with van der Waals surface area (Å²) in [5.41, 5.74) is 3.29. The molecular formula is C24H26F3N3O. The van der Waals surface area contributed by atoms with Gasteiger partial charge in [-0.15, -0.1) is 0 Å². The molecule has 0 unspecified atom stereocenters. The number of hydrogen-bond donors (Lipinski definition) is 3. The lowest BCUT2D eigenvalue weighted by atomic mass is 9.94. The van der Waals surface area contributed by atoms with Crippen LogP contribution in [-0.4, -0.2) is 16.9 Å². The summed E-state index contributed by atoms with van der Waals surface area (Å²) in [6.07, 6.45) is -0.963. The van der Waals surface area contributed by atoms with Crippen LogP contribution in [0.5, 0.6) is 0 Å². The Morgan fingerprint density at radius 3 is 2.58 bits per heavy atom. The number of carbonyl (C=O) groups excluding carboxylic acids is 1. The van der Waals surface area contributed by atoms with Gasteiger partial charge in [-0.25, -0.2) is 0 Å². The van der Waals surface area contributed by atoms with E-state index in [-0.39, 0.29) is 18.5 Å². The molecule has 1 aliphatic heterocycles. The Hall–Kier alpha value is -2.80. The molecule has 0 fully saturated rings. The summed E-state index contributed by atoms with van der Waals surface area (Å²) >= 11 is 0. The molecule has 164 valence electrons. The van der Waals surface area contributed by atoms with E-state index >= 15 is 0 Å². The molecule has 4 nitrogen and oxygen atoms in total. The minimum atomic E-state index is -4.37. The average Bonchev–Trinajstić information content (AvgIpc) is 3.05. The van der Waals surface area contributed by atoms with Crippen LogP contribution < -0.4 is 10.6 Å². The smallest absolute Gasteiger partial charge is 0.361 e. The van der Waals surface area contributed by atoms with Crippen molar-refractivity contribution in [2.75, 3.05) is 0 Å². The molecule has 0 radical (unpaired) electrons. The molecule has 0 aliphatic carbocycles. The van der Waals surface area contributed by atoms with Gasteiger partial charge in [0.05, 0.1) is 11.6 Å². The Balaban J connectivity index is 1.50. The zero-order valence-electron chi connectivity index (χ0n) is 17.5. The quantitative estimate of drug-likeness (QED) is 0.528. The molecule has 1 aromatic heterocycles. The third kappa shape index (κ3) is 4.61. The van der Waals surface area contributed by atoms with Crippen molar-refractivity contribution in [2.24, 2.45) is 5.92 Å². The normalized spacial score (nSPS) is 18.9. The summed E-state index contributed by atoms with van der Waals surface area (Å²) in [7, 11) is 0. The Bertz CT molecular complexity index is 1070. The van der Waals surface area contributed by atoms with Crippen molar-refractivity contribution in [3.63, 3.8) is 0 Å². The highest BCUT2D eigenvalue weighted by molar-refractivity contribution is 5.90. The van der Waals surface area contributed by atoms with Crippen molar-refractivity contribution in [3.8, 4) is 0 Å². The summed E-state index contributed by atoms with van der Waals surface area (Å²) in [5, 5.41) is 7.60. The third-order valence-corrected chi connectivity index (χ3v) is 5.79. The third-order valence-electron chi connectivity index (χ3n) is 5.79. The Labute approximate surface area is 179 Å². The largest absolute Gasteiger partial charge is 0.416 e. The van der Waals surface area contributed by atoms with E-state index in [2.05, 4.69) is 35.5 Å². The second kappa shape index (κ2) is 8.38. The second-order valence-corrected chi connectivity index (χ2v) is 8.60. The maximum atomic E-state index is 13.0. The fraction of sp³-hybridized carbons (Fsp3) is 0.375. The number of aromatic nitrogens is 1. The number of halogens is 3. The highest BCUT2D eigenvalue weighted by Crippen LogP contribution is 2.34. The van der Waals surface area contributed by atoms with E-state index < -0.39 is 17.8 Å². The van der Waals surface area contributed by atoms with Crippen molar-refractivity contribution >= 4 is 16.8 Å². The van der Waals surface area contributed by atoms with Gasteiger partial charge in [0.1, 0.15) is 0 Å². The lowest BCUT2D eigenvalue weighted by Gasteiger charge is -2.25. The van der Waals surface area contributed by atoms with Crippen molar-refractivity contribution in [2.45, 2.75) is 51.5 Å². The number of aromatic amines is 1. The van der Waals surface area contributed by atoms with Crippen LogP contribution in [0.3, 0.4) is 0 Å². The van der Waals surface area contributed by atoms with Crippen molar-refractivity contribution in [1.82, 2.24) is 15.6 Å². The maximum Gasteiger partial charge on any atom is 0.416 e. The molecule has 4 rings (SSSR count). The molecule has 7 heteroatoms. The lowest BCUT2D eigenvalue weighted by molar-refractivity contribution is -0.137. The van der Waals surface area contributed by atoms with Crippen LogP contribution in [0.4, 0.5) is 13.2 Å². The minimum Gasteiger partial charge on any atom is -0.361 e. The monoisotopic (exact) mass is 429 g/mol. The first-order valence-corrected chi connectivity index (χ1v) is 10.5. The van der Waals surface area contributed by atoms with Crippen molar-refractivity contribution in [1.29, 1.82) is 0 Å². The predicted octanol–water partition coefficient (Wildman–Crippen LogP) is 5.10. The number of hydrogen-bond acceptors (Lipinski definition) is 2. The number of benzene rings is 2. The zero-order valence-corrected chi connectivity index (χ0v) is 17.5. The summed E-state index contributed by atoms with van der Waals surface area (Å²) < 4.78 is 38.2. The van der Waals surface area contributed by atoms with E-state index in [1.54, 1.807) is 0 Å². The maximum absolute atomic E-state index is 13.0. The van der Waals surface area contributed by atoms with Gasteiger partial charge >= 0.3 is 6.18 Å². The molecule has 2 aromatic carbocycles. The van der Waals surface area contributed by atoms with E-state index in [4.69, 9.17) is 0 Å². The van der Waals surface area contributed by atoms with Gasteiger partial charge in [0.15, 0.2) is 0 Å². The molecule has 0 saturated heterocycles. The first-order valence-electron chi connectivity index (χ1n) is 10.5. The van der Waals surface area contributed by atoms with Gasteiger partial charge in [0.2, 0.25) is 5.91 Å². The Morgan fingerprint density at radius 2 is 1.90 bits per heavy atom. The van der Waals surface area contributed by atoms with Crippen LogP contribution in [0.2, 0.25) is 0 Å². The fourth-order valence-corrected chi connectivity index (χ4v) is 4.31. The van der Waals surface area contributed by atoms with Crippen LogP contribution in [0.1, 0.15) is 48.6 Å². The van der Waals surface area contributed by atoms with Gasteiger partial charge in [-0.05, 0) is 53.6 Å². The van der Waals surface area contributed by atoms with E-state index in [0.29, 0.717) is 17.9 Å². The van der Waals surface area contributed by atoms with Crippen LogP contribution in [0.25, 0.3) is 10.9 Å². The molecule has 1 amide bonds. The molecule has 0 saturated carbocycles. The SMILES string of the molecule is CC(C)C[C@@H]1N[C@H](C(=O)NCc2ccc(C(F)(F)F)cc2)Cc2c[nH]c3cccc1c23. The summed E-state index contributed by atoms with van der Waals surface area (Å²) in [4.78, 5) is 16.3. The van der Waals surface area contributed by atoms with Gasteiger partial charge < -0.3 is 10.3 Å². The van der Waals surface area contributed by atoms with Crippen LogP contribution in [-0.2, 0) is 23.9 Å². The van der Waals surface area contributed by atoms with Gasteiger partial charge in [-0.3, -0.25) is 10.1 Å². The molecule has 2 atom stereocenters. The first-order chi connectivity index (χ1) is 14.7. The average molecular weight is 429 g/mol. The number of amides is 1. The summed E-state index contributed by atoms with van der Waals surface area (Å²) in [5.74, 6) is 0.292. The first kappa shape index (κ1) is 21.4.